The lowest BCUT2D eigenvalue weighted by Gasteiger charge is -2.06. The van der Waals surface area contributed by atoms with Gasteiger partial charge in [-0.25, -0.2) is 4.39 Å². The molecule has 0 radical (unpaired) electrons. The van der Waals surface area contributed by atoms with E-state index in [4.69, 9.17) is 11.6 Å². The summed E-state index contributed by atoms with van der Waals surface area (Å²) in [6.07, 6.45) is 4.23. The van der Waals surface area contributed by atoms with Crippen molar-refractivity contribution in [1.29, 1.82) is 0 Å². The maximum atomic E-state index is 13.0. The second-order valence-electron chi connectivity index (χ2n) is 5.91. The lowest BCUT2D eigenvalue weighted by Crippen LogP contribution is -1.91. The number of rotatable bonds is 2. The second kappa shape index (κ2) is 8.54. The third-order valence-corrected chi connectivity index (χ3v) is 4.24. The summed E-state index contributed by atoms with van der Waals surface area (Å²) in [5.74, 6) is -0.311. The molecule has 2 aromatic carbocycles. The Bertz CT molecular complexity index is 1000. The van der Waals surface area contributed by atoms with Crippen molar-refractivity contribution in [3.05, 3.63) is 107 Å². The van der Waals surface area contributed by atoms with Gasteiger partial charge in [0.25, 0.3) is 0 Å². The van der Waals surface area contributed by atoms with Gasteiger partial charge in [-0.3, -0.25) is 9.97 Å². The topological polar surface area (TPSA) is 25.8 Å². The van der Waals surface area contributed by atoms with Crippen molar-refractivity contribution in [3.63, 3.8) is 0 Å². The van der Waals surface area contributed by atoms with Crippen LogP contribution in [-0.2, 0) is 6.42 Å². The van der Waals surface area contributed by atoms with Crippen LogP contribution in [0.3, 0.4) is 0 Å². The number of pyridine rings is 2. The summed E-state index contributed by atoms with van der Waals surface area (Å²) in [7, 11) is 0. The summed E-state index contributed by atoms with van der Waals surface area (Å²) in [6, 6.07) is 20.4. The van der Waals surface area contributed by atoms with E-state index in [1.165, 1.54) is 12.1 Å². The van der Waals surface area contributed by atoms with E-state index in [0.717, 1.165) is 27.7 Å². The summed E-state index contributed by atoms with van der Waals surface area (Å²) in [6.45, 7) is 1.97. The number of hydrogen-bond donors (Lipinski definition) is 0. The molecule has 4 aromatic rings. The third kappa shape index (κ3) is 4.87. The molecule has 2 nitrogen and oxygen atoms in total. The van der Waals surface area contributed by atoms with Crippen LogP contribution in [0.4, 0.5) is 4.39 Å². The molecule has 26 heavy (non-hydrogen) atoms. The first-order valence-corrected chi connectivity index (χ1v) is 8.65. The van der Waals surface area contributed by atoms with Gasteiger partial charge in [-0.05, 0) is 60.9 Å². The second-order valence-corrected chi connectivity index (χ2v) is 6.32. The van der Waals surface area contributed by atoms with E-state index < -0.39 is 0 Å². The first kappa shape index (κ1) is 18.0. The first-order valence-electron chi connectivity index (χ1n) is 8.27. The van der Waals surface area contributed by atoms with Gasteiger partial charge in [0, 0.05) is 28.5 Å². The van der Waals surface area contributed by atoms with Crippen molar-refractivity contribution in [2.75, 3.05) is 0 Å². The molecule has 0 spiro atoms. The number of halogens is 2. The summed E-state index contributed by atoms with van der Waals surface area (Å²) in [5.41, 5.74) is 4.05. The lowest BCUT2D eigenvalue weighted by atomic mass is 10.0. The zero-order chi connectivity index (χ0) is 18.4. The SMILES string of the molecule is Cc1ccccn1.Fc1ccc(Cc2ccc3cccnc3c2)c(Cl)c1. The Balaban J connectivity index is 0.000000236. The highest BCUT2D eigenvalue weighted by molar-refractivity contribution is 6.31. The monoisotopic (exact) mass is 364 g/mol. The predicted octanol–water partition coefficient (Wildman–Crippen LogP) is 6.01. The molecule has 0 bridgehead atoms. The highest BCUT2D eigenvalue weighted by Gasteiger charge is 2.04. The Morgan fingerprint density at radius 2 is 1.73 bits per heavy atom. The largest absolute Gasteiger partial charge is 0.262 e. The van der Waals surface area contributed by atoms with Gasteiger partial charge in [0.05, 0.1) is 5.52 Å². The number of benzene rings is 2. The highest BCUT2D eigenvalue weighted by atomic mass is 35.5. The van der Waals surface area contributed by atoms with E-state index in [0.29, 0.717) is 11.4 Å². The molecule has 0 amide bonds. The van der Waals surface area contributed by atoms with Gasteiger partial charge in [-0.1, -0.05) is 41.9 Å². The Labute approximate surface area is 157 Å². The minimum atomic E-state index is -0.311. The van der Waals surface area contributed by atoms with Crippen molar-refractivity contribution in [3.8, 4) is 0 Å². The maximum Gasteiger partial charge on any atom is 0.124 e. The van der Waals surface area contributed by atoms with Crippen LogP contribution in [0.25, 0.3) is 10.9 Å². The fraction of sp³-hybridized carbons (Fsp3) is 0.0909. The normalized spacial score (nSPS) is 10.3. The average Bonchev–Trinajstić information content (AvgIpc) is 2.65. The minimum Gasteiger partial charge on any atom is -0.262 e. The van der Waals surface area contributed by atoms with Gasteiger partial charge >= 0.3 is 0 Å². The number of aromatic nitrogens is 2. The molecule has 0 atom stereocenters. The Morgan fingerprint density at radius 3 is 2.42 bits per heavy atom. The Hall–Kier alpha value is -2.78. The van der Waals surface area contributed by atoms with E-state index in [-0.39, 0.29) is 5.82 Å². The number of nitrogens with zero attached hydrogens (tertiary/aromatic N) is 2. The molecule has 0 unspecified atom stereocenters. The van der Waals surface area contributed by atoms with Crippen molar-refractivity contribution in [2.24, 2.45) is 0 Å². The Morgan fingerprint density at radius 1 is 0.885 bits per heavy atom. The van der Waals surface area contributed by atoms with E-state index in [1.807, 2.05) is 55.5 Å². The smallest absolute Gasteiger partial charge is 0.124 e. The van der Waals surface area contributed by atoms with E-state index >= 15 is 0 Å². The number of aryl methyl sites for hydroxylation is 1. The minimum absolute atomic E-state index is 0.311. The predicted molar refractivity (Wildman–Crippen MR) is 105 cm³/mol. The third-order valence-electron chi connectivity index (χ3n) is 3.89. The molecule has 2 aromatic heterocycles. The molecule has 2 heterocycles. The van der Waals surface area contributed by atoms with Crippen molar-refractivity contribution < 1.29 is 4.39 Å². The summed E-state index contributed by atoms with van der Waals surface area (Å²) >= 11 is 6.04. The molecule has 130 valence electrons. The fourth-order valence-electron chi connectivity index (χ4n) is 2.56. The van der Waals surface area contributed by atoms with E-state index in [1.54, 1.807) is 18.5 Å². The summed E-state index contributed by atoms with van der Waals surface area (Å²) in [4.78, 5) is 8.31. The van der Waals surface area contributed by atoms with Gasteiger partial charge in [0.2, 0.25) is 0 Å². The molecule has 0 N–H and O–H groups in total. The maximum absolute atomic E-state index is 13.0. The van der Waals surface area contributed by atoms with Crippen LogP contribution in [0.15, 0.2) is 79.1 Å². The van der Waals surface area contributed by atoms with Gasteiger partial charge < -0.3 is 0 Å². The van der Waals surface area contributed by atoms with Crippen LogP contribution in [-0.4, -0.2) is 9.97 Å². The van der Waals surface area contributed by atoms with Crippen LogP contribution in [0, 0.1) is 12.7 Å². The number of hydrogen-bond acceptors (Lipinski definition) is 2. The van der Waals surface area contributed by atoms with Crippen molar-refractivity contribution in [2.45, 2.75) is 13.3 Å². The zero-order valence-corrected chi connectivity index (χ0v) is 15.1. The average molecular weight is 365 g/mol. The van der Waals surface area contributed by atoms with Crippen LogP contribution < -0.4 is 0 Å². The molecule has 0 saturated carbocycles. The van der Waals surface area contributed by atoms with Gasteiger partial charge in [-0.2, -0.15) is 0 Å². The molecule has 0 aliphatic rings. The zero-order valence-electron chi connectivity index (χ0n) is 14.4. The fourth-order valence-corrected chi connectivity index (χ4v) is 2.79. The van der Waals surface area contributed by atoms with Crippen LogP contribution in [0.1, 0.15) is 16.8 Å². The standard InChI is InChI=1S/C16H11ClFN.C6H7N/c17-15-10-14(18)6-5-13(15)8-11-3-4-12-2-1-7-19-16(12)9-11;1-6-4-2-3-5-7-6/h1-7,9-10H,8H2;2-5H,1H3. The molecular formula is C22H18ClFN2. The van der Waals surface area contributed by atoms with Crippen LogP contribution in [0.5, 0.6) is 0 Å². The van der Waals surface area contributed by atoms with E-state index in [9.17, 15) is 4.39 Å². The van der Waals surface area contributed by atoms with Gasteiger partial charge in [0.1, 0.15) is 5.82 Å². The molecular weight excluding hydrogens is 347 g/mol. The van der Waals surface area contributed by atoms with Gasteiger partial charge in [-0.15, -0.1) is 0 Å². The molecule has 0 aliphatic heterocycles. The first-order chi connectivity index (χ1) is 12.6. The molecule has 0 saturated heterocycles. The molecule has 4 rings (SSSR count). The summed E-state index contributed by atoms with van der Waals surface area (Å²) in [5, 5.41) is 1.57. The van der Waals surface area contributed by atoms with Crippen molar-refractivity contribution >= 4 is 22.5 Å². The Kier molecular flexibility index (Phi) is 5.92. The van der Waals surface area contributed by atoms with E-state index in [2.05, 4.69) is 9.97 Å². The van der Waals surface area contributed by atoms with Crippen molar-refractivity contribution in [1.82, 2.24) is 9.97 Å². The molecule has 0 fully saturated rings. The number of fused-ring (bicyclic) bond motifs is 1. The highest BCUT2D eigenvalue weighted by Crippen LogP contribution is 2.22. The summed E-state index contributed by atoms with van der Waals surface area (Å²) < 4.78 is 13.0. The van der Waals surface area contributed by atoms with Gasteiger partial charge in [0.15, 0.2) is 0 Å². The quantitative estimate of drug-likeness (QED) is 0.435. The van der Waals surface area contributed by atoms with Crippen LogP contribution in [0.2, 0.25) is 5.02 Å². The van der Waals surface area contributed by atoms with Crippen LogP contribution >= 0.6 is 11.6 Å². The molecule has 4 heteroatoms. The lowest BCUT2D eigenvalue weighted by molar-refractivity contribution is 0.627. The molecule has 0 aliphatic carbocycles.